The molecule has 0 unspecified atom stereocenters. The van der Waals surface area contributed by atoms with Gasteiger partial charge in [0.15, 0.2) is 5.82 Å². The SMILES string of the molecule is Cc1ccc(N2CCC3(CC2)CC(=O)N(Cc2cc(F)cc(F)c2)C3)nn1. The Kier molecular flexibility index (Phi) is 4.53. The first-order chi connectivity index (χ1) is 12.9. The third kappa shape index (κ3) is 3.77. The Bertz CT molecular complexity index is 827. The van der Waals surface area contributed by atoms with Crippen LogP contribution in [0.15, 0.2) is 30.3 Å². The molecule has 1 amide bonds. The number of hydrogen-bond donors (Lipinski definition) is 0. The van der Waals surface area contributed by atoms with Gasteiger partial charge in [-0.2, -0.15) is 5.10 Å². The number of hydrogen-bond acceptors (Lipinski definition) is 4. The largest absolute Gasteiger partial charge is 0.355 e. The number of rotatable bonds is 3. The summed E-state index contributed by atoms with van der Waals surface area (Å²) in [5, 5.41) is 8.36. The number of amides is 1. The minimum absolute atomic E-state index is 0.0580. The van der Waals surface area contributed by atoms with Crippen molar-refractivity contribution in [1.82, 2.24) is 15.1 Å². The second kappa shape index (κ2) is 6.87. The lowest BCUT2D eigenvalue weighted by Gasteiger charge is -2.39. The van der Waals surface area contributed by atoms with Crippen LogP contribution < -0.4 is 4.90 Å². The monoisotopic (exact) mass is 372 g/mol. The number of nitrogens with zero attached hydrogens (tertiary/aromatic N) is 4. The van der Waals surface area contributed by atoms with Crippen LogP contribution in [0.1, 0.15) is 30.5 Å². The average Bonchev–Trinajstić information content (AvgIpc) is 2.90. The number of halogens is 2. The van der Waals surface area contributed by atoms with Crippen LogP contribution >= 0.6 is 0 Å². The summed E-state index contributed by atoms with van der Waals surface area (Å²) in [6.45, 7) is 4.45. The van der Waals surface area contributed by atoms with Crippen LogP contribution in [-0.2, 0) is 11.3 Å². The van der Waals surface area contributed by atoms with Gasteiger partial charge >= 0.3 is 0 Å². The number of piperidine rings is 1. The molecule has 2 saturated heterocycles. The van der Waals surface area contributed by atoms with Gasteiger partial charge in [0.2, 0.25) is 5.91 Å². The van der Waals surface area contributed by atoms with E-state index in [9.17, 15) is 13.6 Å². The lowest BCUT2D eigenvalue weighted by Crippen LogP contribution is -2.42. The summed E-state index contributed by atoms with van der Waals surface area (Å²) in [5.41, 5.74) is 1.32. The van der Waals surface area contributed by atoms with Crippen LogP contribution in [0.5, 0.6) is 0 Å². The molecule has 0 atom stereocenters. The molecule has 5 nitrogen and oxygen atoms in total. The van der Waals surface area contributed by atoms with Crippen LogP contribution in [0.2, 0.25) is 0 Å². The third-order valence-corrected chi connectivity index (χ3v) is 5.63. The van der Waals surface area contributed by atoms with E-state index in [1.165, 1.54) is 12.1 Å². The van der Waals surface area contributed by atoms with E-state index in [1.807, 2.05) is 19.1 Å². The van der Waals surface area contributed by atoms with Gasteiger partial charge in [0, 0.05) is 44.1 Å². The third-order valence-electron chi connectivity index (χ3n) is 5.63. The molecular formula is C20H22F2N4O. The van der Waals surface area contributed by atoms with Crippen LogP contribution in [0, 0.1) is 24.0 Å². The molecule has 2 fully saturated rings. The summed E-state index contributed by atoms with van der Waals surface area (Å²) in [5.74, 6) is -0.298. The van der Waals surface area contributed by atoms with Crippen molar-refractivity contribution in [2.24, 2.45) is 5.41 Å². The summed E-state index contributed by atoms with van der Waals surface area (Å²) >= 11 is 0. The highest BCUT2D eigenvalue weighted by Crippen LogP contribution is 2.42. The van der Waals surface area contributed by atoms with E-state index >= 15 is 0 Å². The first kappa shape index (κ1) is 17.8. The van der Waals surface area contributed by atoms with Crippen LogP contribution in [0.3, 0.4) is 0 Å². The topological polar surface area (TPSA) is 49.3 Å². The minimum atomic E-state index is -0.612. The molecule has 3 heterocycles. The second-order valence-electron chi connectivity index (χ2n) is 7.72. The predicted molar refractivity (Wildman–Crippen MR) is 97.0 cm³/mol. The summed E-state index contributed by atoms with van der Waals surface area (Å²) in [6, 6.07) is 7.36. The number of aromatic nitrogens is 2. The number of anilines is 1. The van der Waals surface area contributed by atoms with Gasteiger partial charge in [-0.15, -0.1) is 5.10 Å². The van der Waals surface area contributed by atoms with E-state index in [1.54, 1.807) is 4.90 Å². The van der Waals surface area contributed by atoms with Gasteiger partial charge in [0.05, 0.1) is 5.69 Å². The van der Waals surface area contributed by atoms with Crippen LogP contribution in [0.25, 0.3) is 0 Å². The molecule has 0 saturated carbocycles. The van der Waals surface area contributed by atoms with Crippen molar-refractivity contribution in [3.05, 3.63) is 53.2 Å². The molecule has 0 bridgehead atoms. The van der Waals surface area contributed by atoms with Crippen molar-refractivity contribution in [3.63, 3.8) is 0 Å². The maximum atomic E-state index is 13.4. The number of carbonyl (C=O) groups excluding carboxylic acids is 1. The smallest absolute Gasteiger partial charge is 0.223 e. The highest BCUT2D eigenvalue weighted by atomic mass is 19.1. The Morgan fingerprint density at radius 2 is 1.78 bits per heavy atom. The zero-order chi connectivity index (χ0) is 19.0. The summed E-state index contributed by atoms with van der Waals surface area (Å²) in [7, 11) is 0. The molecule has 1 aromatic carbocycles. The lowest BCUT2D eigenvalue weighted by atomic mass is 9.77. The number of carbonyl (C=O) groups is 1. The minimum Gasteiger partial charge on any atom is -0.355 e. The Labute approximate surface area is 157 Å². The zero-order valence-corrected chi connectivity index (χ0v) is 15.3. The highest BCUT2D eigenvalue weighted by molar-refractivity contribution is 5.79. The maximum absolute atomic E-state index is 13.4. The van der Waals surface area contributed by atoms with E-state index in [2.05, 4.69) is 15.1 Å². The summed E-state index contributed by atoms with van der Waals surface area (Å²) in [4.78, 5) is 16.4. The Hall–Kier alpha value is -2.57. The van der Waals surface area contributed by atoms with Crippen LogP contribution in [-0.4, -0.2) is 40.6 Å². The average molecular weight is 372 g/mol. The fraction of sp³-hybridized carbons (Fsp3) is 0.450. The van der Waals surface area contributed by atoms with Crippen molar-refractivity contribution in [2.45, 2.75) is 32.7 Å². The maximum Gasteiger partial charge on any atom is 0.223 e. The Balaban J connectivity index is 1.41. The predicted octanol–water partition coefficient (Wildman–Crippen LogP) is 3.08. The molecule has 1 aromatic heterocycles. The highest BCUT2D eigenvalue weighted by Gasteiger charge is 2.44. The first-order valence-corrected chi connectivity index (χ1v) is 9.21. The number of benzene rings is 1. The molecule has 27 heavy (non-hydrogen) atoms. The van der Waals surface area contributed by atoms with Gasteiger partial charge in [-0.1, -0.05) is 0 Å². The van der Waals surface area contributed by atoms with E-state index < -0.39 is 11.6 Å². The van der Waals surface area contributed by atoms with E-state index in [-0.39, 0.29) is 17.9 Å². The molecule has 2 aliphatic heterocycles. The standard InChI is InChI=1S/C20H22F2N4O/c1-14-2-3-18(24-23-14)25-6-4-20(5-7-25)11-19(27)26(13-20)12-15-8-16(21)10-17(22)9-15/h2-3,8-10H,4-7,11-13H2,1H3. The summed E-state index contributed by atoms with van der Waals surface area (Å²) < 4.78 is 26.8. The molecule has 2 aromatic rings. The van der Waals surface area contributed by atoms with Crippen molar-refractivity contribution in [2.75, 3.05) is 24.5 Å². The van der Waals surface area contributed by atoms with Gasteiger partial charge in [-0.05, 0) is 49.6 Å². The van der Waals surface area contributed by atoms with Crippen molar-refractivity contribution >= 4 is 11.7 Å². The fourth-order valence-corrected chi connectivity index (χ4v) is 4.15. The van der Waals surface area contributed by atoms with Crippen molar-refractivity contribution in [3.8, 4) is 0 Å². The van der Waals surface area contributed by atoms with Crippen molar-refractivity contribution in [1.29, 1.82) is 0 Å². The molecule has 4 rings (SSSR count). The molecule has 0 aliphatic carbocycles. The summed E-state index contributed by atoms with van der Waals surface area (Å²) in [6.07, 6.45) is 2.28. The second-order valence-corrected chi connectivity index (χ2v) is 7.72. The molecule has 0 N–H and O–H groups in total. The first-order valence-electron chi connectivity index (χ1n) is 9.21. The lowest BCUT2D eigenvalue weighted by molar-refractivity contribution is -0.128. The molecular weight excluding hydrogens is 350 g/mol. The van der Waals surface area contributed by atoms with Crippen LogP contribution in [0.4, 0.5) is 14.6 Å². The molecule has 7 heteroatoms. The normalized spacial score (nSPS) is 19.1. The number of likely N-dealkylation sites (tertiary alicyclic amines) is 1. The molecule has 142 valence electrons. The molecule has 0 radical (unpaired) electrons. The van der Waals surface area contributed by atoms with Gasteiger partial charge in [0.1, 0.15) is 11.6 Å². The van der Waals surface area contributed by atoms with E-state index in [0.717, 1.165) is 43.5 Å². The Morgan fingerprint density at radius 3 is 2.41 bits per heavy atom. The number of aryl methyl sites for hydroxylation is 1. The van der Waals surface area contributed by atoms with Gasteiger partial charge in [-0.25, -0.2) is 8.78 Å². The van der Waals surface area contributed by atoms with Gasteiger partial charge < -0.3 is 9.80 Å². The quantitative estimate of drug-likeness (QED) is 0.831. The molecule has 1 spiro atoms. The molecule has 2 aliphatic rings. The van der Waals surface area contributed by atoms with E-state index in [0.29, 0.717) is 18.5 Å². The van der Waals surface area contributed by atoms with Gasteiger partial charge in [-0.3, -0.25) is 4.79 Å². The van der Waals surface area contributed by atoms with Crippen molar-refractivity contribution < 1.29 is 13.6 Å². The Morgan fingerprint density at radius 1 is 1.07 bits per heavy atom. The fourth-order valence-electron chi connectivity index (χ4n) is 4.15. The van der Waals surface area contributed by atoms with E-state index in [4.69, 9.17) is 0 Å². The van der Waals surface area contributed by atoms with Gasteiger partial charge in [0.25, 0.3) is 0 Å². The zero-order valence-electron chi connectivity index (χ0n) is 15.3.